The van der Waals surface area contributed by atoms with Gasteiger partial charge in [-0.05, 0) is 48.9 Å². The molecule has 3 rings (SSSR count). The zero-order valence-electron chi connectivity index (χ0n) is 23.3. The van der Waals surface area contributed by atoms with E-state index in [0.717, 1.165) is 41.3 Å². The molecule has 3 N–H and O–H groups in total. The van der Waals surface area contributed by atoms with Crippen LogP contribution in [0.1, 0.15) is 67.2 Å². The van der Waals surface area contributed by atoms with Gasteiger partial charge in [0.25, 0.3) is 0 Å². The summed E-state index contributed by atoms with van der Waals surface area (Å²) in [6.07, 6.45) is -3.20. The summed E-state index contributed by atoms with van der Waals surface area (Å²) in [6, 6.07) is 2.10. The fourth-order valence-corrected chi connectivity index (χ4v) is 4.58. The molecule has 8 heteroatoms. The van der Waals surface area contributed by atoms with E-state index < -0.39 is 30.7 Å². The van der Waals surface area contributed by atoms with Crippen LogP contribution in [-0.4, -0.2) is 86.4 Å². The van der Waals surface area contributed by atoms with E-state index in [-0.39, 0.29) is 24.9 Å². The first-order valence-corrected chi connectivity index (χ1v) is 12.6. The first-order valence-electron chi connectivity index (χ1n) is 12.6. The molecule has 1 aromatic carbocycles. The summed E-state index contributed by atoms with van der Waals surface area (Å²) in [7, 11) is 3.99. The van der Waals surface area contributed by atoms with Crippen molar-refractivity contribution in [3.05, 3.63) is 33.9 Å². The Kier molecular flexibility index (Phi) is 16.5. The van der Waals surface area contributed by atoms with Crippen molar-refractivity contribution in [2.45, 2.75) is 92.0 Å². The van der Waals surface area contributed by atoms with E-state index in [4.69, 9.17) is 24.1 Å². The van der Waals surface area contributed by atoms with Gasteiger partial charge in [0.15, 0.2) is 12.1 Å². The fraction of sp³-hybridized carbons (Fsp3) is 0.741. The molecule has 0 bridgehead atoms. The molecule has 0 aromatic heterocycles. The average Bonchev–Trinajstić information content (AvgIpc) is 3.16. The SMILES string of the molecule is CC.CC.CO.COCC1OC(OCCc2c(C)cc3c(c2C)C(=O)[C@@H](C)C3)C(O)C(O)C1OC. The molecule has 1 aliphatic heterocycles. The van der Waals surface area contributed by atoms with E-state index in [2.05, 4.69) is 6.07 Å². The molecule has 5 unspecified atom stereocenters. The highest BCUT2D eigenvalue weighted by molar-refractivity contribution is 6.03. The lowest BCUT2D eigenvalue weighted by atomic mass is 9.92. The van der Waals surface area contributed by atoms with E-state index in [1.54, 1.807) is 0 Å². The summed E-state index contributed by atoms with van der Waals surface area (Å²) < 4.78 is 21.9. The number of hydrogen-bond donors (Lipinski definition) is 3. The van der Waals surface area contributed by atoms with Crippen molar-refractivity contribution in [2.24, 2.45) is 5.92 Å². The Hall–Kier alpha value is -1.39. The Morgan fingerprint density at radius 2 is 1.66 bits per heavy atom. The number of hydrogen-bond acceptors (Lipinski definition) is 8. The van der Waals surface area contributed by atoms with Gasteiger partial charge in [-0.1, -0.05) is 40.7 Å². The van der Waals surface area contributed by atoms with Crippen LogP contribution in [0.25, 0.3) is 0 Å². The molecule has 0 saturated carbocycles. The molecular formula is C27H48O8. The normalized spacial score (nSPS) is 26.9. The summed E-state index contributed by atoms with van der Waals surface area (Å²) in [4.78, 5) is 12.5. The zero-order valence-corrected chi connectivity index (χ0v) is 23.3. The number of ether oxygens (including phenoxy) is 4. The molecule has 2 aliphatic rings. The van der Waals surface area contributed by atoms with Crippen molar-refractivity contribution < 1.29 is 39.1 Å². The van der Waals surface area contributed by atoms with Gasteiger partial charge in [-0.2, -0.15) is 0 Å². The number of ketones is 1. The van der Waals surface area contributed by atoms with Crippen LogP contribution < -0.4 is 0 Å². The summed E-state index contributed by atoms with van der Waals surface area (Å²) in [5.74, 6) is 0.246. The average molecular weight is 501 g/mol. The number of carbonyl (C=O) groups is 1. The van der Waals surface area contributed by atoms with Gasteiger partial charge in [-0.25, -0.2) is 0 Å². The minimum Gasteiger partial charge on any atom is -0.400 e. The van der Waals surface area contributed by atoms with Gasteiger partial charge < -0.3 is 34.3 Å². The van der Waals surface area contributed by atoms with Crippen LogP contribution >= 0.6 is 0 Å². The van der Waals surface area contributed by atoms with Gasteiger partial charge in [0, 0.05) is 32.8 Å². The van der Waals surface area contributed by atoms with Crippen molar-refractivity contribution in [1.82, 2.24) is 0 Å². The molecule has 1 aliphatic carbocycles. The summed E-state index contributed by atoms with van der Waals surface area (Å²) in [5.41, 5.74) is 5.21. The number of Topliss-reactive ketones (excluding diaryl/α,β-unsaturated/α-hetero) is 1. The highest BCUT2D eigenvalue weighted by atomic mass is 16.7. The van der Waals surface area contributed by atoms with Gasteiger partial charge in [0.05, 0.1) is 13.2 Å². The second kappa shape index (κ2) is 17.1. The predicted octanol–water partition coefficient (Wildman–Crippen LogP) is 3.01. The third kappa shape index (κ3) is 8.05. The predicted molar refractivity (Wildman–Crippen MR) is 137 cm³/mol. The van der Waals surface area contributed by atoms with Crippen LogP contribution in [0.15, 0.2) is 6.07 Å². The highest BCUT2D eigenvalue weighted by Crippen LogP contribution is 2.33. The molecule has 8 nitrogen and oxygen atoms in total. The smallest absolute Gasteiger partial charge is 0.186 e. The maximum absolute atomic E-state index is 12.5. The second-order valence-electron chi connectivity index (χ2n) is 8.10. The van der Waals surface area contributed by atoms with Crippen LogP contribution in [0.5, 0.6) is 0 Å². The van der Waals surface area contributed by atoms with Crippen LogP contribution in [0, 0.1) is 19.8 Å². The minimum absolute atomic E-state index is 0.0355. The molecule has 0 spiro atoms. The number of rotatable bonds is 7. The van der Waals surface area contributed by atoms with Crippen LogP contribution in [0.3, 0.4) is 0 Å². The number of fused-ring (bicyclic) bond motifs is 1. The van der Waals surface area contributed by atoms with E-state index in [1.165, 1.54) is 14.2 Å². The van der Waals surface area contributed by atoms with Gasteiger partial charge in [-0.3, -0.25) is 4.79 Å². The lowest BCUT2D eigenvalue weighted by molar-refractivity contribution is -0.305. The molecule has 1 fully saturated rings. The number of aliphatic hydroxyl groups is 3. The Labute approximate surface area is 211 Å². The molecule has 0 amide bonds. The lowest BCUT2D eigenvalue weighted by Crippen LogP contribution is -2.60. The van der Waals surface area contributed by atoms with Gasteiger partial charge in [0.2, 0.25) is 0 Å². The topological polar surface area (TPSA) is 115 Å². The van der Waals surface area contributed by atoms with Gasteiger partial charge >= 0.3 is 0 Å². The Morgan fingerprint density at radius 3 is 2.20 bits per heavy atom. The molecule has 1 aromatic rings. The fourth-order valence-electron chi connectivity index (χ4n) is 4.58. The quantitative estimate of drug-likeness (QED) is 0.523. The standard InChI is InChI=1S/C22H32O7.2C2H6.CH4O/c1-11-8-14-9-12(2)18(23)17(14)13(3)15(11)6-7-28-22-20(25)19(24)21(27-5)16(29-22)10-26-4;3*1-2/h8,12,16,19-22,24-25H,6-7,9-10H2,1-5H3;2*1-2H3;2H,1H3/t12-,16?,19?,20?,21?,22?;;;/m0.../s1. The molecule has 6 atom stereocenters. The number of aryl methyl sites for hydroxylation is 1. The summed E-state index contributed by atoms with van der Waals surface area (Å²) in [5, 5.41) is 27.7. The Bertz CT molecular complexity index is 751. The molecule has 1 heterocycles. The van der Waals surface area contributed by atoms with E-state index >= 15 is 0 Å². The number of carbonyl (C=O) groups excluding carboxylic acids is 1. The monoisotopic (exact) mass is 500 g/mol. The molecule has 35 heavy (non-hydrogen) atoms. The second-order valence-corrected chi connectivity index (χ2v) is 8.10. The van der Waals surface area contributed by atoms with Crippen molar-refractivity contribution in [2.75, 3.05) is 34.5 Å². The maximum Gasteiger partial charge on any atom is 0.186 e. The molecular weight excluding hydrogens is 452 g/mol. The lowest BCUT2D eigenvalue weighted by Gasteiger charge is -2.41. The minimum atomic E-state index is -1.22. The van der Waals surface area contributed by atoms with Crippen LogP contribution in [-0.2, 0) is 31.8 Å². The third-order valence-electron chi connectivity index (χ3n) is 6.11. The van der Waals surface area contributed by atoms with E-state index in [9.17, 15) is 15.0 Å². The molecule has 0 radical (unpaired) electrons. The highest BCUT2D eigenvalue weighted by Gasteiger charge is 2.45. The summed E-state index contributed by atoms with van der Waals surface area (Å²) >= 11 is 0. The van der Waals surface area contributed by atoms with Gasteiger partial charge in [-0.15, -0.1) is 0 Å². The van der Waals surface area contributed by atoms with Crippen LogP contribution in [0.2, 0.25) is 0 Å². The van der Waals surface area contributed by atoms with Crippen molar-refractivity contribution in [3.8, 4) is 0 Å². The largest absolute Gasteiger partial charge is 0.400 e. The Morgan fingerprint density at radius 1 is 1.06 bits per heavy atom. The van der Waals surface area contributed by atoms with E-state index in [0.29, 0.717) is 6.42 Å². The molecule has 204 valence electrons. The molecule has 1 saturated heterocycles. The van der Waals surface area contributed by atoms with Crippen LogP contribution in [0.4, 0.5) is 0 Å². The number of benzene rings is 1. The van der Waals surface area contributed by atoms with E-state index in [1.807, 2.05) is 48.5 Å². The number of aliphatic hydroxyl groups excluding tert-OH is 3. The maximum atomic E-state index is 12.5. The summed E-state index contributed by atoms with van der Waals surface area (Å²) in [6.45, 7) is 14.5. The first kappa shape index (κ1) is 33.6. The number of methoxy groups -OCH3 is 2. The third-order valence-corrected chi connectivity index (χ3v) is 6.11. The van der Waals surface area contributed by atoms with Gasteiger partial charge in [0.1, 0.15) is 24.4 Å². The zero-order chi connectivity index (χ0) is 27.3. The van der Waals surface area contributed by atoms with Crippen molar-refractivity contribution in [3.63, 3.8) is 0 Å². The Balaban J connectivity index is 0.00000179. The first-order chi connectivity index (χ1) is 16.8. The van der Waals surface area contributed by atoms with Crippen molar-refractivity contribution in [1.29, 1.82) is 0 Å². The van der Waals surface area contributed by atoms with Crippen molar-refractivity contribution >= 4 is 5.78 Å².